The minimum atomic E-state index is -0.267. The van der Waals surface area contributed by atoms with E-state index in [1.807, 2.05) is 26.1 Å². The molecular weight excluding hydrogens is 246 g/mol. The van der Waals surface area contributed by atoms with E-state index in [2.05, 4.69) is 60.3 Å². The maximum absolute atomic E-state index is 5.96. The number of hydrogen-bond donors (Lipinski definition) is 0. The molecule has 3 aromatic rings. The van der Waals surface area contributed by atoms with E-state index in [0.717, 1.165) is 11.5 Å². The second-order valence-corrected chi connectivity index (χ2v) is 5.47. The van der Waals surface area contributed by atoms with E-state index in [9.17, 15) is 0 Å². The fraction of sp³-hybridized carbons (Fsp3) is 0.222. The van der Waals surface area contributed by atoms with E-state index in [-0.39, 0.29) is 5.41 Å². The summed E-state index contributed by atoms with van der Waals surface area (Å²) in [7, 11) is 2.04. The average Bonchev–Trinajstić information content (AvgIpc) is 3.08. The van der Waals surface area contributed by atoms with Crippen LogP contribution in [0.5, 0.6) is 0 Å². The highest BCUT2D eigenvalue weighted by atomic mass is 16.3. The number of aromatic nitrogens is 1. The van der Waals surface area contributed by atoms with E-state index in [4.69, 9.17) is 4.42 Å². The van der Waals surface area contributed by atoms with Gasteiger partial charge in [-0.05, 0) is 43.2 Å². The molecule has 0 fully saturated rings. The summed E-state index contributed by atoms with van der Waals surface area (Å²) in [6, 6.07) is 16.8. The van der Waals surface area contributed by atoms with Crippen molar-refractivity contribution >= 4 is 0 Å². The van der Waals surface area contributed by atoms with Crippen molar-refractivity contribution in [1.82, 2.24) is 4.57 Å². The molecule has 2 nitrogen and oxygen atoms in total. The summed E-state index contributed by atoms with van der Waals surface area (Å²) in [5.74, 6) is 1.92. The molecule has 1 unspecified atom stereocenters. The Labute approximate surface area is 119 Å². The SMILES string of the molecule is Cc1ccc(C(C)(c2ccccc2)c2ccn(C)c2)o1. The molecule has 2 heterocycles. The molecule has 0 saturated heterocycles. The highest BCUT2D eigenvalue weighted by Crippen LogP contribution is 2.39. The second-order valence-electron chi connectivity index (χ2n) is 5.47. The van der Waals surface area contributed by atoms with Gasteiger partial charge in [0.05, 0.1) is 5.41 Å². The molecule has 0 bridgehead atoms. The first-order valence-corrected chi connectivity index (χ1v) is 6.85. The summed E-state index contributed by atoms with van der Waals surface area (Å²) in [6.07, 6.45) is 4.23. The molecule has 20 heavy (non-hydrogen) atoms. The van der Waals surface area contributed by atoms with Gasteiger partial charge >= 0.3 is 0 Å². The number of aryl methyl sites for hydroxylation is 2. The molecule has 2 heteroatoms. The van der Waals surface area contributed by atoms with Crippen molar-refractivity contribution in [1.29, 1.82) is 0 Å². The quantitative estimate of drug-likeness (QED) is 0.691. The van der Waals surface area contributed by atoms with Crippen LogP contribution in [0.1, 0.15) is 29.6 Å². The van der Waals surface area contributed by atoms with Gasteiger partial charge < -0.3 is 8.98 Å². The molecule has 0 aliphatic rings. The van der Waals surface area contributed by atoms with Crippen LogP contribution >= 0.6 is 0 Å². The van der Waals surface area contributed by atoms with Crippen LogP contribution in [0.2, 0.25) is 0 Å². The van der Waals surface area contributed by atoms with Crippen LogP contribution in [0.25, 0.3) is 0 Å². The standard InChI is InChI=1S/C18H19NO/c1-14-9-10-17(20-14)18(2,15-7-5-4-6-8-15)16-11-12-19(3)13-16/h4-13H,1-3H3. The van der Waals surface area contributed by atoms with Gasteiger partial charge in [-0.25, -0.2) is 0 Å². The first-order valence-electron chi connectivity index (χ1n) is 6.85. The number of rotatable bonds is 3. The van der Waals surface area contributed by atoms with E-state index < -0.39 is 0 Å². The molecule has 0 amide bonds. The van der Waals surface area contributed by atoms with Crippen molar-refractivity contribution in [2.75, 3.05) is 0 Å². The molecule has 0 spiro atoms. The Hall–Kier alpha value is -2.22. The van der Waals surface area contributed by atoms with Gasteiger partial charge in [-0.3, -0.25) is 0 Å². The molecule has 0 N–H and O–H groups in total. The molecule has 0 saturated carbocycles. The molecule has 0 aliphatic carbocycles. The first kappa shape index (κ1) is 12.8. The fourth-order valence-electron chi connectivity index (χ4n) is 2.73. The highest BCUT2D eigenvalue weighted by molar-refractivity contribution is 5.45. The van der Waals surface area contributed by atoms with Gasteiger partial charge in [0, 0.05) is 19.4 Å². The summed E-state index contributed by atoms with van der Waals surface area (Å²) in [4.78, 5) is 0. The van der Waals surface area contributed by atoms with Crippen LogP contribution in [-0.4, -0.2) is 4.57 Å². The maximum atomic E-state index is 5.96. The number of benzene rings is 1. The Morgan fingerprint density at radius 3 is 2.25 bits per heavy atom. The van der Waals surface area contributed by atoms with E-state index >= 15 is 0 Å². The third kappa shape index (κ3) is 1.97. The number of nitrogens with zero attached hydrogens (tertiary/aromatic N) is 1. The van der Waals surface area contributed by atoms with Crippen LogP contribution < -0.4 is 0 Å². The smallest absolute Gasteiger partial charge is 0.118 e. The van der Waals surface area contributed by atoms with Crippen molar-refractivity contribution in [3.05, 3.63) is 83.6 Å². The minimum Gasteiger partial charge on any atom is -0.465 e. The van der Waals surface area contributed by atoms with Crippen molar-refractivity contribution in [2.45, 2.75) is 19.3 Å². The van der Waals surface area contributed by atoms with Gasteiger partial charge in [-0.15, -0.1) is 0 Å². The average molecular weight is 265 g/mol. The van der Waals surface area contributed by atoms with Crippen LogP contribution in [0.15, 0.2) is 65.3 Å². The molecule has 2 aromatic heterocycles. The zero-order valence-electron chi connectivity index (χ0n) is 12.1. The lowest BCUT2D eigenvalue weighted by atomic mass is 9.75. The van der Waals surface area contributed by atoms with E-state index in [0.29, 0.717) is 0 Å². The Morgan fingerprint density at radius 2 is 1.70 bits per heavy atom. The highest BCUT2D eigenvalue weighted by Gasteiger charge is 2.34. The molecule has 0 aliphatic heterocycles. The minimum absolute atomic E-state index is 0.267. The lowest BCUT2D eigenvalue weighted by Crippen LogP contribution is -2.24. The van der Waals surface area contributed by atoms with Crippen LogP contribution in [0.3, 0.4) is 0 Å². The number of furan rings is 1. The predicted molar refractivity (Wildman–Crippen MR) is 80.9 cm³/mol. The molecule has 0 radical (unpaired) electrons. The number of hydrogen-bond acceptors (Lipinski definition) is 1. The van der Waals surface area contributed by atoms with Crippen molar-refractivity contribution in [2.24, 2.45) is 7.05 Å². The van der Waals surface area contributed by atoms with E-state index in [1.54, 1.807) is 0 Å². The topological polar surface area (TPSA) is 18.1 Å². The summed E-state index contributed by atoms with van der Waals surface area (Å²) >= 11 is 0. The summed E-state index contributed by atoms with van der Waals surface area (Å²) in [6.45, 7) is 4.20. The predicted octanol–water partition coefficient (Wildman–Crippen LogP) is 4.28. The van der Waals surface area contributed by atoms with Crippen molar-refractivity contribution in [3.63, 3.8) is 0 Å². The van der Waals surface area contributed by atoms with Gasteiger partial charge in [-0.2, -0.15) is 0 Å². The largest absolute Gasteiger partial charge is 0.465 e. The Morgan fingerprint density at radius 1 is 0.950 bits per heavy atom. The Balaban J connectivity index is 2.22. The third-order valence-corrected chi connectivity index (χ3v) is 3.99. The van der Waals surface area contributed by atoms with Gasteiger partial charge in [0.15, 0.2) is 0 Å². The Kier molecular flexibility index (Phi) is 3.01. The van der Waals surface area contributed by atoms with Crippen LogP contribution in [0.4, 0.5) is 0 Å². The first-order chi connectivity index (χ1) is 9.60. The van der Waals surface area contributed by atoms with Gasteiger partial charge in [0.25, 0.3) is 0 Å². The molecule has 1 aromatic carbocycles. The van der Waals surface area contributed by atoms with Crippen molar-refractivity contribution in [3.8, 4) is 0 Å². The molecule has 3 rings (SSSR count). The Bertz CT molecular complexity index is 666. The second kappa shape index (κ2) is 4.71. The van der Waals surface area contributed by atoms with Crippen molar-refractivity contribution < 1.29 is 4.42 Å². The molecular formula is C18H19NO. The van der Waals surface area contributed by atoms with E-state index in [1.165, 1.54) is 11.1 Å². The summed E-state index contributed by atoms with van der Waals surface area (Å²) in [5, 5.41) is 0. The van der Waals surface area contributed by atoms with Crippen LogP contribution in [0, 0.1) is 6.92 Å². The lowest BCUT2D eigenvalue weighted by molar-refractivity contribution is 0.429. The molecule has 1 atom stereocenters. The lowest BCUT2D eigenvalue weighted by Gasteiger charge is -2.27. The normalized spacial score (nSPS) is 14.2. The third-order valence-electron chi connectivity index (χ3n) is 3.99. The monoisotopic (exact) mass is 265 g/mol. The van der Waals surface area contributed by atoms with Gasteiger partial charge in [-0.1, -0.05) is 30.3 Å². The molecule has 102 valence electrons. The summed E-state index contributed by atoms with van der Waals surface area (Å²) in [5.41, 5.74) is 2.21. The van der Waals surface area contributed by atoms with Gasteiger partial charge in [0.1, 0.15) is 11.5 Å². The van der Waals surface area contributed by atoms with Crippen LogP contribution in [-0.2, 0) is 12.5 Å². The zero-order chi connectivity index (χ0) is 14.2. The summed E-state index contributed by atoms with van der Waals surface area (Å²) < 4.78 is 8.03. The maximum Gasteiger partial charge on any atom is 0.118 e. The van der Waals surface area contributed by atoms with Gasteiger partial charge in [0.2, 0.25) is 0 Å². The zero-order valence-corrected chi connectivity index (χ0v) is 12.1. The fourth-order valence-corrected chi connectivity index (χ4v) is 2.73.